The first-order valence-electron chi connectivity index (χ1n) is 8.86. The van der Waals surface area contributed by atoms with Crippen LogP contribution < -0.4 is 5.32 Å². The standard InChI is InChI=1S/C19H21N3O2S2/c1-11(14-7-5-9-24-14)20-16(23)10-25-18-17-13-6-3-4-8-15(13)26-19(17)22-12(2)21-18/h5,7,9,11H,3-4,6,8,10H2,1-2H3,(H,20,23)/t11-/m0/s1. The Morgan fingerprint density at radius 2 is 2.23 bits per heavy atom. The minimum atomic E-state index is -0.140. The fraction of sp³-hybridized carbons (Fsp3) is 0.421. The van der Waals surface area contributed by atoms with E-state index in [9.17, 15) is 4.79 Å². The Bertz CT molecular complexity index is 934. The van der Waals surface area contributed by atoms with Crippen LogP contribution in [-0.4, -0.2) is 21.6 Å². The molecule has 7 heteroatoms. The van der Waals surface area contributed by atoms with Crippen molar-refractivity contribution in [1.82, 2.24) is 15.3 Å². The highest BCUT2D eigenvalue weighted by atomic mass is 32.2. The number of hydrogen-bond donors (Lipinski definition) is 1. The maximum atomic E-state index is 12.4. The average molecular weight is 388 g/mol. The molecular weight excluding hydrogens is 366 g/mol. The zero-order valence-electron chi connectivity index (χ0n) is 14.9. The molecule has 26 heavy (non-hydrogen) atoms. The van der Waals surface area contributed by atoms with Gasteiger partial charge in [-0.25, -0.2) is 9.97 Å². The van der Waals surface area contributed by atoms with Gasteiger partial charge in [-0.2, -0.15) is 0 Å². The second-order valence-electron chi connectivity index (χ2n) is 6.56. The third-order valence-electron chi connectivity index (χ3n) is 4.58. The van der Waals surface area contributed by atoms with Crippen molar-refractivity contribution in [1.29, 1.82) is 0 Å². The molecule has 0 radical (unpaired) electrons. The number of aryl methyl sites for hydroxylation is 3. The number of amides is 1. The van der Waals surface area contributed by atoms with Crippen molar-refractivity contribution in [3.8, 4) is 0 Å². The van der Waals surface area contributed by atoms with Crippen LogP contribution in [0.2, 0.25) is 0 Å². The number of thiophene rings is 1. The fourth-order valence-corrected chi connectivity index (χ4v) is 5.64. The lowest BCUT2D eigenvalue weighted by Crippen LogP contribution is -2.28. The lowest BCUT2D eigenvalue weighted by Gasteiger charge is -2.13. The third kappa shape index (κ3) is 3.50. The van der Waals surface area contributed by atoms with Gasteiger partial charge in [-0.15, -0.1) is 11.3 Å². The Labute approximate surface area is 160 Å². The fourth-order valence-electron chi connectivity index (χ4n) is 3.36. The number of furan rings is 1. The van der Waals surface area contributed by atoms with Crippen molar-refractivity contribution in [3.05, 3.63) is 40.4 Å². The Morgan fingerprint density at radius 1 is 1.38 bits per heavy atom. The highest BCUT2D eigenvalue weighted by Crippen LogP contribution is 2.39. The molecule has 0 aromatic carbocycles. The van der Waals surface area contributed by atoms with Crippen molar-refractivity contribution in [3.63, 3.8) is 0 Å². The van der Waals surface area contributed by atoms with Crippen LogP contribution in [0.4, 0.5) is 0 Å². The van der Waals surface area contributed by atoms with Gasteiger partial charge in [0.2, 0.25) is 5.91 Å². The van der Waals surface area contributed by atoms with E-state index in [1.807, 2.05) is 26.0 Å². The molecule has 3 aromatic heterocycles. The summed E-state index contributed by atoms with van der Waals surface area (Å²) in [5, 5.41) is 5.09. The normalized spacial score (nSPS) is 15.0. The lowest BCUT2D eigenvalue weighted by atomic mass is 9.97. The van der Waals surface area contributed by atoms with E-state index < -0.39 is 0 Å². The van der Waals surface area contributed by atoms with Crippen molar-refractivity contribution in [2.75, 3.05) is 5.75 Å². The maximum absolute atomic E-state index is 12.4. The number of aromatic nitrogens is 2. The second kappa shape index (κ2) is 7.40. The van der Waals surface area contributed by atoms with Crippen LogP contribution in [0.15, 0.2) is 27.8 Å². The molecule has 0 spiro atoms. The molecule has 1 atom stereocenters. The van der Waals surface area contributed by atoms with Crippen molar-refractivity contribution >= 4 is 39.2 Å². The molecular formula is C19H21N3O2S2. The van der Waals surface area contributed by atoms with Gasteiger partial charge in [-0.1, -0.05) is 11.8 Å². The molecule has 5 nitrogen and oxygen atoms in total. The molecule has 0 saturated heterocycles. The van der Waals surface area contributed by atoms with E-state index in [4.69, 9.17) is 4.42 Å². The summed E-state index contributed by atoms with van der Waals surface area (Å²) in [7, 11) is 0. The Hall–Kier alpha value is -1.86. The quantitative estimate of drug-likeness (QED) is 0.518. The third-order valence-corrected chi connectivity index (χ3v) is 6.74. The second-order valence-corrected chi connectivity index (χ2v) is 8.61. The first-order valence-corrected chi connectivity index (χ1v) is 10.7. The molecule has 0 bridgehead atoms. The molecule has 1 aliphatic carbocycles. The van der Waals surface area contributed by atoms with E-state index >= 15 is 0 Å². The van der Waals surface area contributed by atoms with Crippen molar-refractivity contribution in [2.24, 2.45) is 0 Å². The van der Waals surface area contributed by atoms with Gasteiger partial charge < -0.3 is 9.73 Å². The Balaban J connectivity index is 1.51. The van der Waals surface area contributed by atoms with Gasteiger partial charge in [0, 0.05) is 10.3 Å². The molecule has 0 saturated carbocycles. The van der Waals surface area contributed by atoms with Gasteiger partial charge in [-0.3, -0.25) is 4.79 Å². The highest BCUT2D eigenvalue weighted by Gasteiger charge is 2.21. The molecule has 4 rings (SSSR count). The number of nitrogens with zero attached hydrogens (tertiary/aromatic N) is 2. The number of fused-ring (bicyclic) bond motifs is 3. The minimum Gasteiger partial charge on any atom is -0.467 e. The SMILES string of the molecule is Cc1nc(SCC(=O)N[C@@H](C)c2ccco2)c2c3c(sc2n1)CCCC3. The van der Waals surface area contributed by atoms with Gasteiger partial charge in [0.05, 0.1) is 18.1 Å². The summed E-state index contributed by atoms with van der Waals surface area (Å²) in [6.45, 7) is 3.84. The summed E-state index contributed by atoms with van der Waals surface area (Å²) < 4.78 is 5.34. The van der Waals surface area contributed by atoms with E-state index in [1.165, 1.54) is 40.4 Å². The summed E-state index contributed by atoms with van der Waals surface area (Å²) in [6.07, 6.45) is 6.32. The Kier molecular flexibility index (Phi) is 5.00. The van der Waals surface area contributed by atoms with Crippen LogP contribution >= 0.6 is 23.1 Å². The first-order chi connectivity index (χ1) is 12.6. The Morgan fingerprint density at radius 3 is 3.04 bits per heavy atom. The molecule has 1 N–H and O–H groups in total. The van der Waals surface area contributed by atoms with Gasteiger partial charge in [0.1, 0.15) is 21.4 Å². The number of thioether (sulfide) groups is 1. The van der Waals surface area contributed by atoms with Gasteiger partial charge in [0.15, 0.2) is 0 Å². The molecule has 3 heterocycles. The number of rotatable bonds is 5. The van der Waals surface area contributed by atoms with Crippen LogP contribution in [0, 0.1) is 6.92 Å². The van der Waals surface area contributed by atoms with Crippen LogP contribution in [0.3, 0.4) is 0 Å². The molecule has 1 amide bonds. The summed E-state index contributed by atoms with van der Waals surface area (Å²) in [4.78, 5) is 24.1. The van der Waals surface area contributed by atoms with Crippen LogP contribution in [0.1, 0.15) is 47.8 Å². The summed E-state index contributed by atoms with van der Waals surface area (Å²) in [5.41, 5.74) is 1.41. The number of carbonyl (C=O) groups excluding carboxylic acids is 1. The van der Waals surface area contributed by atoms with Gasteiger partial charge in [-0.05, 0) is 57.2 Å². The number of nitrogens with one attached hydrogen (secondary N) is 1. The van der Waals surface area contributed by atoms with Crippen molar-refractivity contribution < 1.29 is 9.21 Å². The lowest BCUT2D eigenvalue weighted by molar-refractivity contribution is -0.119. The smallest absolute Gasteiger partial charge is 0.230 e. The molecule has 136 valence electrons. The first kappa shape index (κ1) is 17.5. The topological polar surface area (TPSA) is 68.0 Å². The average Bonchev–Trinajstić information content (AvgIpc) is 3.26. The monoisotopic (exact) mass is 387 g/mol. The largest absolute Gasteiger partial charge is 0.467 e. The maximum Gasteiger partial charge on any atom is 0.230 e. The van der Waals surface area contributed by atoms with E-state index in [2.05, 4.69) is 15.3 Å². The van der Waals surface area contributed by atoms with Gasteiger partial charge >= 0.3 is 0 Å². The molecule has 0 aliphatic heterocycles. The van der Waals surface area contributed by atoms with Crippen LogP contribution in [0.5, 0.6) is 0 Å². The van der Waals surface area contributed by atoms with E-state index in [1.54, 1.807) is 17.6 Å². The van der Waals surface area contributed by atoms with E-state index in [-0.39, 0.29) is 11.9 Å². The summed E-state index contributed by atoms with van der Waals surface area (Å²) >= 11 is 3.30. The highest BCUT2D eigenvalue weighted by molar-refractivity contribution is 8.00. The van der Waals surface area contributed by atoms with E-state index in [0.29, 0.717) is 5.75 Å². The van der Waals surface area contributed by atoms with E-state index in [0.717, 1.165) is 34.3 Å². The van der Waals surface area contributed by atoms with Gasteiger partial charge in [0.25, 0.3) is 0 Å². The number of hydrogen-bond acceptors (Lipinski definition) is 6. The molecule has 0 unspecified atom stereocenters. The zero-order chi connectivity index (χ0) is 18.1. The minimum absolute atomic E-state index is 0.0209. The molecule has 0 fully saturated rings. The zero-order valence-corrected chi connectivity index (χ0v) is 16.5. The molecule has 3 aromatic rings. The summed E-state index contributed by atoms with van der Waals surface area (Å²) in [6, 6.07) is 3.55. The summed E-state index contributed by atoms with van der Waals surface area (Å²) in [5.74, 6) is 1.84. The number of carbonyl (C=O) groups is 1. The van der Waals surface area contributed by atoms with Crippen LogP contribution in [-0.2, 0) is 17.6 Å². The predicted octanol–water partition coefficient (Wildman–Crippen LogP) is 4.44. The van der Waals surface area contributed by atoms with Crippen LogP contribution in [0.25, 0.3) is 10.2 Å². The predicted molar refractivity (Wildman–Crippen MR) is 105 cm³/mol. The van der Waals surface area contributed by atoms with Crippen molar-refractivity contribution in [2.45, 2.75) is 50.6 Å². The molecule has 1 aliphatic rings.